The second-order valence-corrected chi connectivity index (χ2v) is 6.20. The van der Waals surface area contributed by atoms with Crippen LogP contribution >= 0.6 is 23.1 Å². The van der Waals surface area contributed by atoms with Gasteiger partial charge in [0.15, 0.2) is 0 Å². The molecule has 1 nitrogen and oxygen atoms in total. The Morgan fingerprint density at radius 3 is 2.73 bits per heavy atom. The molecule has 1 heterocycles. The highest BCUT2D eigenvalue weighted by Crippen LogP contribution is 2.10. The van der Waals surface area contributed by atoms with Gasteiger partial charge >= 0.3 is 0 Å². The molecule has 0 bridgehead atoms. The lowest BCUT2D eigenvalue weighted by atomic mass is 10.3. The zero-order valence-corrected chi connectivity index (χ0v) is 11.5. The van der Waals surface area contributed by atoms with Gasteiger partial charge in [0.25, 0.3) is 0 Å². The fraction of sp³-hybridized carbons (Fsp3) is 0.667. The van der Waals surface area contributed by atoms with Crippen molar-refractivity contribution in [3.8, 4) is 0 Å². The van der Waals surface area contributed by atoms with Gasteiger partial charge in [-0.2, -0.15) is 23.1 Å². The molecule has 0 saturated heterocycles. The normalized spacial score (nSPS) is 13.3. The van der Waals surface area contributed by atoms with Crippen molar-refractivity contribution in [2.75, 3.05) is 11.5 Å². The molecule has 1 rings (SSSR count). The van der Waals surface area contributed by atoms with Crippen LogP contribution in [0.15, 0.2) is 16.8 Å². The van der Waals surface area contributed by atoms with Crippen LogP contribution in [-0.2, 0) is 6.54 Å². The Hall–Kier alpha value is 0.01000. The zero-order valence-electron chi connectivity index (χ0n) is 9.82. The van der Waals surface area contributed by atoms with Gasteiger partial charge < -0.3 is 5.32 Å². The van der Waals surface area contributed by atoms with E-state index in [4.69, 9.17) is 0 Å². The van der Waals surface area contributed by atoms with E-state index in [0.29, 0.717) is 6.04 Å². The Morgan fingerprint density at radius 1 is 1.33 bits per heavy atom. The molecule has 0 aliphatic heterocycles. The van der Waals surface area contributed by atoms with Gasteiger partial charge in [0.2, 0.25) is 0 Å². The van der Waals surface area contributed by atoms with Gasteiger partial charge in [-0.15, -0.1) is 0 Å². The van der Waals surface area contributed by atoms with E-state index in [9.17, 15) is 0 Å². The summed E-state index contributed by atoms with van der Waals surface area (Å²) in [6.07, 6.45) is 0. The van der Waals surface area contributed by atoms with Gasteiger partial charge in [-0.1, -0.05) is 13.8 Å². The Balaban J connectivity index is 2.06. The van der Waals surface area contributed by atoms with Gasteiger partial charge in [0, 0.05) is 18.3 Å². The van der Waals surface area contributed by atoms with Crippen LogP contribution in [0.2, 0.25) is 0 Å². The first kappa shape index (κ1) is 13.1. The minimum absolute atomic E-state index is 0.605. The topological polar surface area (TPSA) is 12.0 Å². The lowest BCUT2D eigenvalue weighted by molar-refractivity contribution is 0.596. The number of hydrogen-bond donors (Lipinski definition) is 1. The van der Waals surface area contributed by atoms with E-state index >= 15 is 0 Å². The fourth-order valence-electron chi connectivity index (χ4n) is 1.22. The summed E-state index contributed by atoms with van der Waals surface area (Å²) < 4.78 is 0. The highest BCUT2D eigenvalue weighted by Gasteiger charge is 2.02. The van der Waals surface area contributed by atoms with Crippen molar-refractivity contribution < 1.29 is 0 Å². The van der Waals surface area contributed by atoms with E-state index in [2.05, 4.69) is 42.9 Å². The molecule has 1 atom stereocenters. The molecule has 0 amide bonds. The van der Waals surface area contributed by atoms with Crippen molar-refractivity contribution in [2.24, 2.45) is 5.92 Å². The molecule has 0 saturated carbocycles. The highest BCUT2D eigenvalue weighted by atomic mass is 32.2. The SMILES string of the molecule is CC(C)CSCC(C)NCc1ccsc1. The van der Waals surface area contributed by atoms with E-state index in [-0.39, 0.29) is 0 Å². The van der Waals surface area contributed by atoms with Gasteiger partial charge in [-0.05, 0) is 41.0 Å². The fourth-order valence-corrected chi connectivity index (χ4v) is 2.97. The molecule has 1 aromatic heterocycles. The van der Waals surface area contributed by atoms with Crippen molar-refractivity contribution in [3.63, 3.8) is 0 Å². The summed E-state index contributed by atoms with van der Waals surface area (Å²) in [5.41, 5.74) is 1.40. The van der Waals surface area contributed by atoms with Crippen molar-refractivity contribution in [1.82, 2.24) is 5.32 Å². The van der Waals surface area contributed by atoms with Crippen LogP contribution in [0.5, 0.6) is 0 Å². The molecule has 0 aliphatic rings. The number of nitrogens with one attached hydrogen (secondary N) is 1. The monoisotopic (exact) mass is 243 g/mol. The predicted octanol–water partition coefficient (Wildman–Crippen LogP) is 3.62. The second kappa shape index (κ2) is 7.31. The van der Waals surface area contributed by atoms with Crippen molar-refractivity contribution in [3.05, 3.63) is 22.4 Å². The summed E-state index contributed by atoms with van der Waals surface area (Å²) in [7, 11) is 0. The Labute approximate surface area is 102 Å². The number of thioether (sulfide) groups is 1. The summed E-state index contributed by atoms with van der Waals surface area (Å²) in [6, 6.07) is 2.79. The summed E-state index contributed by atoms with van der Waals surface area (Å²) in [6.45, 7) is 7.82. The van der Waals surface area contributed by atoms with Crippen molar-refractivity contribution in [1.29, 1.82) is 0 Å². The molecular formula is C12H21NS2. The molecule has 0 fully saturated rings. The van der Waals surface area contributed by atoms with Crippen LogP contribution in [0, 0.1) is 5.92 Å². The van der Waals surface area contributed by atoms with Crippen molar-refractivity contribution in [2.45, 2.75) is 33.4 Å². The summed E-state index contributed by atoms with van der Waals surface area (Å²) in [4.78, 5) is 0. The molecule has 1 N–H and O–H groups in total. The number of rotatable bonds is 7. The van der Waals surface area contributed by atoms with E-state index in [0.717, 1.165) is 12.5 Å². The Morgan fingerprint density at radius 2 is 2.13 bits per heavy atom. The third kappa shape index (κ3) is 6.23. The average molecular weight is 243 g/mol. The summed E-state index contributed by atoms with van der Waals surface area (Å²) in [5, 5.41) is 7.89. The van der Waals surface area contributed by atoms with Crippen LogP contribution < -0.4 is 5.32 Å². The predicted molar refractivity (Wildman–Crippen MR) is 72.8 cm³/mol. The maximum atomic E-state index is 3.54. The molecule has 15 heavy (non-hydrogen) atoms. The highest BCUT2D eigenvalue weighted by molar-refractivity contribution is 7.99. The minimum atomic E-state index is 0.605. The van der Waals surface area contributed by atoms with Crippen LogP contribution in [-0.4, -0.2) is 17.5 Å². The lowest BCUT2D eigenvalue weighted by Gasteiger charge is -2.13. The molecule has 1 aromatic rings. The van der Waals surface area contributed by atoms with Gasteiger partial charge in [0.1, 0.15) is 0 Å². The molecule has 3 heteroatoms. The first-order valence-electron chi connectivity index (χ1n) is 5.50. The minimum Gasteiger partial charge on any atom is -0.309 e. The molecular weight excluding hydrogens is 222 g/mol. The Kier molecular flexibility index (Phi) is 6.37. The van der Waals surface area contributed by atoms with Gasteiger partial charge in [0.05, 0.1) is 0 Å². The van der Waals surface area contributed by atoms with Crippen LogP contribution in [0.25, 0.3) is 0 Å². The van der Waals surface area contributed by atoms with Gasteiger partial charge in [-0.3, -0.25) is 0 Å². The zero-order chi connectivity index (χ0) is 11.1. The maximum Gasteiger partial charge on any atom is 0.0216 e. The molecule has 0 aliphatic carbocycles. The number of hydrogen-bond acceptors (Lipinski definition) is 3. The van der Waals surface area contributed by atoms with Crippen LogP contribution in [0.1, 0.15) is 26.3 Å². The van der Waals surface area contributed by atoms with E-state index < -0.39 is 0 Å². The van der Waals surface area contributed by atoms with E-state index in [1.54, 1.807) is 11.3 Å². The van der Waals surface area contributed by atoms with Crippen LogP contribution in [0.3, 0.4) is 0 Å². The maximum absolute atomic E-state index is 3.54. The van der Waals surface area contributed by atoms with Crippen LogP contribution in [0.4, 0.5) is 0 Å². The molecule has 86 valence electrons. The largest absolute Gasteiger partial charge is 0.309 e. The molecule has 0 radical (unpaired) electrons. The first-order chi connectivity index (χ1) is 7.18. The lowest BCUT2D eigenvalue weighted by Crippen LogP contribution is -2.27. The molecule has 0 aromatic carbocycles. The van der Waals surface area contributed by atoms with Crippen molar-refractivity contribution >= 4 is 23.1 Å². The third-order valence-electron chi connectivity index (χ3n) is 2.05. The summed E-state index contributed by atoms with van der Waals surface area (Å²) in [5.74, 6) is 3.28. The second-order valence-electron chi connectivity index (χ2n) is 4.34. The van der Waals surface area contributed by atoms with Gasteiger partial charge in [-0.25, -0.2) is 0 Å². The first-order valence-corrected chi connectivity index (χ1v) is 7.60. The Bertz CT molecular complexity index is 244. The summed E-state index contributed by atoms with van der Waals surface area (Å²) >= 11 is 3.81. The molecule has 0 spiro atoms. The molecule has 1 unspecified atom stereocenters. The standard InChI is InChI=1S/C12H21NS2/c1-10(2)7-15-8-11(3)13-6-12-4-5-14-9-12/h4-5,9-11,13H,6-8H2,1-3H3. The van der Waals surface area contributed by atoms with E-state index in [1.165, 1.54) is 17.1 Å². The number of thiophene rings is 1. The quantitative estimate of drug-likeness (QED) is 0.785. The van der Waals surface area contributed by atoms with E-state index in [1.807, 2.05) is 11.8 Å². The smallest absolute Gasteiger partial charge is 0.0216 e. The third-order valence-corrected chi connectivity index (χ3v) is 4.42. The average Bonchev–Trinajstić information content (AvgIpc) is 2.66.